The monoisotopic (exact) mass is 285 g/mol. The molecule has 8 heteroatoms. The first-order chi connectivity index (χ1) is 9.15. The molecule has 0 aromatic carbocycles. The van der Waals surface area contributed by atoms with Crippen molar-refractivity contribution < 1.29 is 19.4 Å². The van der Waals surface area contributed by atoms with Gasteiger partial charge in [-0.1, -0.05) is 6.92 Å². The molecule has 0 unspecified atom stereocenters. The van der Waals surface area contributed by atoms with Crippen LogP contribution in [0.2, 0.25) is 0 Å². The van der Waals surface area contributed by atoms with Crippen LogP contribution in [0.15, 0.2) is 11.3 Å². The summed E-state index contributed by atoms with van der Waals surface area (Å²) in [5.74, 6) is 0.296. The predicted octanol–water partition coefficient (Wildman–Crippen LogP) is 0.235. The molecule has 0 aromatic rings. The maximum absolute atomic E-state index is 12.0. The minimum atomic E-state index is -0.522. The molecule has 2 aliphatic rings. The molecule has 2 amide bonds. The van der Waals surface area contributed by atoms with Crippen LogP contribution >= 0.6 is 11.8 Å². The molecule has 0 radical (unpaired) electrons. The number of carbonyl (C=O) groups is 2. The fraction of sp³-hybridized carbons (Fsp3) is 0.545. The Balaban J connectivity index is 2.27. The second-order valence-corrected chi connectivity index (χ2v) is 5.16. The third kappa shape index (κ3) is 2.21. The maximum atomic E-state index is 12.0. The van der Waals surface area contributed by atoms with Gasteiger partial charge in [-0.2, -0.15) is 4.89 Å². The zero-order valence-corrected chi connectivity index (χ0v) is 11.5. The molecule has 19 heavy (non-hydrogen) atoms. The van der Waals surface area contributed by atoms with E-state index >= 15 is 0 Å². The lowest BCUT2D eigenvalue weighted by Crippen LogP contribution is -2.69. The summed E-state index contributed by atoms with van der Waals surface area (Å²) >= 11 is 1.57. The number of β-lactam (4-membered cyclic amide) rings is 1. The fourth-order valence-corrected chi connectivity index (χ4v) is 3.64. The zero-order valence-electron chi connectivity index (χ0n) is 10.6. The molecule has 1 saturated heterocycles. The second kappa shape index (κ2) is 5.62. The molecule has 2 aliphatic heterocycles. The molecule has 0 saturated carbocycles. The van der Waals surface area contributed by atoms with E-state index in [1.165, 1.54) is 12.0 Å². The topological polar surface area (TPSA) is 91.7 Å². The number of nitrogens with zero attached hydrogens (tertiary/aromatic N) is 1. The molecular weight excluding hydrogens is 270 g/mol. The number of nitrogens with one attached hydrogen (secondary N) is 2. The highest BCUT2D eigenvalue weighted by molar-refractivity contribution is 8.00. The predicted molar refractivity (Wildman–Crippen MR) is 69.2 cm³/mol. The van der Waals surface area contributed by atoms with Gasteiger partial charge in [0.15, 0.2) is 0 Å². The Hall–Kier alpha value is -1.54. The largest absolute Gasteiger partial charge is 0.344 e. The third-order valence-corrected chi connectivity index (χ3v) is 4.44. The van der Waals surface area contributed by atoms with Crippen LogP contribution in [0.5, 0.6) is 0 Å². The standard InChI is InChI=1S/C11H15N3O4S/c1-3-6-4-19-11-7(13-5-15)10(16)14(11)8(6)9(12)18-17-2/h5,7,11-12H,3-4H2,1-2H3,(H,13,15)/t7-,11-/m1/s1. The van der Waals surface area contributed by atoms with E-state index in [2.05, 4.69) is 10.2 Å². The van der Waals surface area contributed by atoms with E-state index in [-0.39, 0.29) is 17.2 Å². The van der Waals surface area contributed by atoms with Crippen LogP contribution in [-0.2, 0) is 19.4 Å². The molecule has 0 aromatic heterocycles. The van der Waals surface area contributed by atoms with Crippen LogP contribution in [0.4, 0.5) is 0 Å². The van der Waals surface area contributed by atoms with Crippen molar-refractivity contribution in [3.63, 3.8) is 0 Å². The highest BCUT2D eigenvalue weighted by atomic mass is 32.2. The Morgan fingerprint density at radius 1 is 1.68 bits per heavy atom. The van der Waals surface area contributed by atoms with Crippen LogP contribution in [0.3, 0.4) is 0 Å². The Kier molecular flexibility index (Phi) is 4.11. The number of rotatable bonds is 5. The van der Waals surface area contributed by atoms with E-state index in [1.807, 2.05) is 6.92 Å². The zero-order chi connectivity index (χ0) is 14.0. The van der Waals surface area contributed by atoms with Gasteiger partial charge in [-0.05, 0) is 12.0 Å². The van der Waals surface area contributed by atoms with Crippen LogP contribution in [0.25, 0.3) is 0 Å². The minimum Gasteiger partial charge on any atom is -0.344 e. The van der Waals surface area contributed by atoms with E-state index in [1.54, 1.807) is 11.8 Å². The van der Waals surface area contributed by atoms with Crippen molar-refractivity contribution in [3.8, 4) is 0 Å². The van der Waals surface area contributed by atoms with Crippen molar-refractivity contribution in [2.24, 2.45) is 0 Å². The SMILES string of the molecule is CCC1=C(C(=N)OOC)N2C(=O)[C@@H](NC=O)[C@H]2SC1. The lowest BCUT2D eigenvalue weighted by atomic mass is 10.0. The van der Waals surface area contributed by atoms with Crippen molar-refractivity contribution in [2.45, 2.75) is 24.8 Å². The number of amides is 2. The summed E-state index contributed by atoms with van der Waals surface area (Å²) in [5.41, 5.74) is 1.42. The van der Waals surface area contributed by atoms with E-state index < -0.39 is 6.04 Å². The Morgan fingerprint density at radius 3 is 3.00 bits per heavy atom. The van der Waals surface area contributed by atoms with Gasteiger partial charge in [0.05, 0.1) is 7.11 Å². The van der Waals surface area contributed by atoms with E-state index in [0.717, 1.165) is 12.0 Å². The molecule has 2 N–H and O–H groups in total. The Bertz CT molecular complexity index is 451. The van der Waals surface area contributed by atoms with Gasteiger partial charge >= 0.3 is 0 Å². The number of carbonyl (C=O) groups excluding carboxylic acids is 2. The lowest BCUT2D eigenvalue weighted by molar-refractivity contribution is -0.196. The van der Waals surface area contributed by atoms with Gasteiger partial charge in [0.1, 0.15) is 17.1 Å². The summed E-state index contributed by atoms with van der Waals surface area (Å²) in [6.45, 7) is 1.96. The van der Waals surface area contributed by atoms with E-state index in [4.69, 9.17) is 10.3 Å². The van der Waals surface area contributed by atoms with Crippen molar-refractivity contribution in [2.75, 3.05) is 12.9 Å². The molecular formula is C11H15N3O4S. The number of thioether (sulfide) groups is 1. The summed E-state index contributed by atoms with van der Waals surface area (Å²) < 4.78 is 0. The van der Waals surface area contributed by atoms with Gasteiger partial charge in [0.2, 0.25) is 6.41 Å². The third-order valence-electron chi connectivity index (χ3n) is 3.10. The van der Waals surface area contributed by atoms with Gasteiger partial charge in [0, 0.05) is 5.75 Å². The Labute approximate surface area is 114 Å². The fourth-order valence-electron chi connectivity index (χ4n) is 2.19. The summed E-state index contributed by atoms with van der Waals surface area (Å²) in [5, 5.41) is 10.2. The summed E-state index contributed by atoms with van der Waals surface area (Å²) in [6, 6.07) is -0.522. The van der Waals surface area contributed by atoms with Crippen molar-refractivity contribution in [3.05, 3.63) is 11.3 Å². The maximum Gasteiger partial charge on any atom is 0.272 e. The normalized spacial score (nSPS) is 25.6. The molecule has 0 aliphatic carbocycles. The van der Waals surface area contributed by atoms with Crippen LogP contribution in [0.1, 0.15) is 13.3 Å². The molecule has 7 nitrogen and oxygen atoms in total. The summed E-state index contributed by atoms with van der Waals surface area (Å²) in [6.07, 6.45) is 1.25. The smallest absolute Gasteiger partial charge is 0.272 e. The van der Waals surface area contributed by atoms with Crippen molar-refractivity contribution >= 4 is 30.0 Å². The highest BCUT2D eigenvalue weighted by Crippen LogP contribution is 2.41. The molecule has 1 fully saturated rings. The average molecular weight is 285 g/mol. The molecule has 0 spiro atoms. The van der Waals surface area contributed by atoms with Gasteiger partial charge in [0.25, 0.3) is 11.8 Å². The van der Waals surface area contributed by atoms with Crippen LogP contribution in [-0.4, -0.2) is 47.4 Å². The molecule has 0 bridgehead atoms. The first-order valence-electron chi connectivity index (χ1n) is 5.81. The van der Waals surface area contributed by atoms with Gasteiger partial charge < -0.3 is 10.2 Å². The molecule has 2 heterocycles. The van der Waals surface area contributed by atoms with Gasteiger partial charge in [-0.25, -0.2) is 0 Å². The second-order valence-electron chi connectivity index (χ2n) is 4.06. The van der Waals surface area contributed by atoms with Crippen molar-refractivity contribution in [1.82, 2.24) is 10.2 Å². The quantitative estimate of drug-likeness (QED) is 0.188. The van der Waals surface area contributed by atoms with Crippen LogP contribution < -0.4 is 5.32 Å². The minimum absolute atomic E-state index is 0.177. The van der Waals surface area contributed by atoms with Crippen molar-refractivity contribution in [1.29, 1.82) is 5.41 Å². The molecule has 2 rings (SSSR count). The average Bonchev–Trinajstić information content (AvgIpc) is 2.43. The van der Waals surface area contributed by atoms with Crippen LogP contribution in [0, 0.1) is 5.41 Å². The lowest BCUT2D eigenvalue weighted by Gasteiger charge is -2.49. The Morgan fingerprint density at radius 2 is 2.42 bits per heavy atom. The van der Waals surface area contributed by atoms with E-state index in [9.17, 15) is 9.59 Å². The molecule has 2 atom stereocenters. The van der Waals surface area contributed by atoms with Gasteiger partial charge in [-0.3, -0.25) is 19.9 Å². The number of hydrogen-bond donors (Lipinski definition) is 2. The molecule has 104 valence electrons. The number of fused-ring (bicyclic) bond motifs is 1. The summed E-state index contributed by atoms with van der Waals surface area (Å²) in [7, 11) is 1.31. The highest BCUT2D eigenvalue weighted by Gasteiger charge is 2.53. The first-order valence-corrected chi connectivity index (χ1v) is 6.86. The summed E-state index contributed by atoms with van der Waals surface area (Å²) in [4.78, 5) is 33.2. The first kappa shape index (κ1) is 13.9. The number of hydrogen-bond acceptors (Lipinski definition) is 6. The van der Waals surface area contributed by atoms with Gasteiger partial charge in [-0.15, -0.1) is 11.8 Å². The van der Waals surface area contributed by atoms with E-state index in [0.29, 0.717) is 17.9 Å².